The van der Waals surface area contributed by atoms with E-state index >= 15 is 4.39 Å². The number of carbonyl (C=O) groups is 1. The fraction of sp³-hybridized carbons (Fsp3) is 0.235. The van der Waals surface area contributed by atoms with Crippen molar-refractivity contribution >= 4 is 37.5 Å². The number of benzene rings is 2. The largest absolute Gasteiger partial charge is 0.506 e. The summed E-state index contributed by atoms with van der Waals surface area (Å²) in [6, 6.07) is 8.22. The summed E-state index contributed by atoms with van der Waals surface area (Å²) in [6.45, 7) is -0.655. The Labute approximate surface area is 166 Å². The van der Waals surface area contributed by atoms with Crippen LogP contribution in [0.1, 0.15) is 12.8 Å². The standard InChI is InChI=1S/C17H16FN3O6S2/c18-16-13(7-8-14(22)17(16)21-9-15(23)20-29(21,26)27)10-1-3-11(4-2-10)19-28(24,25)12-5-6-12/h1-4,7-8,12,19,22H,5-6,9H2,(H,20,23). The van der Waals surface area contributed by atoms with Gasteiger partial charge in [-0.25, -0.2) is 21.8 Å². The highest BCUT2D eigenvalue weighted by atomic mass is 32.2. The number of carbonyl (C=O) groups excluding carboxylic acids is 1. The SMILES string of the molecule is O=C1CN(c2c(O)ccc(-c3ccc(NS(=O)(=O)C4CC4)cc3)c2F)S(=O)(=O)N1. The summed E-state index contributed by atoms with van der Waals surface area (Å²) in [7, 11) is -7.74. The lowest BCUT2D eigenvalue weighted by atomic mass is 10.0. The van der Waals surface area contributed by atoms with Gasteiger partial charge in [-0.2, -0.15) is 8.42 Å². The molecule has 1 saturated carbocycles. The van der Waals surface area contributed by atoms with Crippen molar-refractivity contribution in [1.29, 1.82) is 0 Å². The molecule has 1 amide bonds. The number of halogens is 1. The zero-order valence-corrected chi connectivity index (χ0v) is 16.4. The lowest BCUT2D eigenvalue weighted by molar-refractivity contribution is -0.117. The van der Waals surface area contributed by atoms with Gasteiger partial charge in [0.25, 0.3) is 5.91 Å². The van der Waals surface area contributed by atoms with E-state index in [1.165, 1.54) is 30.3 Å². The maximum atomic E-state index is 15.1. The molecule has 0 spiro atoms. The van der Waals surface area contributed by atoms with Gasteiger partial charge in [-0.05, 0) is 42.7 Å². The Bertz CT molecular complexity index is 1210. The van der Waals surface area contributed by atoms with E-state index < -0.39 is 55.2 Å². The summed E-state index contributed by atoms with van der Waals surface area (Å²) >= 11 is 0. The first-order valence-electron chi connectivity index (χ1n) is 8.55. The molecule has 4 rings (SSSR count). The minimum Gasteiger partial charge on any atom is -0.506 e. The van der Waals surface area contributed by atoms with E-state index in [2.05, 4.69) is 4.72 Å². The zero-order valence-electron chi connectivity index (χ0n) is 14.8. The molecule has 3 N–H and O–H groups in total. The second-order valence-corrected chi connectivity index (χ2v) is 10.3. The average molecular weight is 441 g/mol. The van der Waals surface area contributed by atoms with Gasteiger partial charge >= 0.3 is 10.2 Å². The van der Waals surface area contributed by atoms with Crippen molar-refractivity contribution in [1.82, 2.24) is 4.72 Å². The number of nitrogens with zero attached hydrogens (tertiary/aromatic N) is 1. The van der Waals surface area contributed by atoms with Gasteiger partial charge in [-0.15, -0.1) is 0 Å². The van der Waals surface area contributed by atoms with Crippen molar-refractivity contribution in [3.05, 3.63) is 42.2 Å². The van der Waals surface area contributed by atoms with Crippen LogP contribution in [0.5, 0.6) is 5.75 Å². The molecule has 0 aromatic heterocycles. The first-order valence-corrected chi connectivity index (χ1v) is 11.5. The molecule has 29 heavy (non-hydrogen) atoms. The highest BCUT2D eigenvalue weighted by molar-refractivity contribution is 7.93. The highest BCUT2D eigenvalue weighted by Crippen LogP contribution is 2.39. The van der Waals surface area contributed by atoms with Crippen molar-refractivity contribution < 1.29 is 31.1 Å². The molecule has 0 radical (unpaired) electrons. The predicted octanol–water partition coefficient (Wildman–Crippen LogP) is 1.28. The number of hydrogen-bond acceptors (Lipinski definition) is 6. The number of aromatic hydroxyl groups is 1. The summed E-state index contributed by atoms with van der Waals surface area (Å²) in [5.74, 6) is -2.52. The summed E-state index contributed by atoms with van der Waals surface area (Å²) in [4.78, 5) is 11.4. The van der Waals surface area contributed by atoms with Gasteiger partial charge in [0.15, 0.2) is 5.82 Å². The molecule has 2 aromatic rings. The monoisotopic (exact) mass is 441 g/mol. The van der Waals surface area contributed by atoms with Gasteiger partial charge in [0, 0.05) is 11.3 Å². The second-order valence-electron chi connectivity index (χ2n) is 6.76. The Morgan fingerprint density at radius 2 is 1.79 bits per heavy atom. The van der Waals surface area contributed by atoms with Gasteiger partial charge in [0.05, 0.1) is 5.25 Å². The number of nitrogens with one attached hydrogen (secondary N) is 2. The third-order valence-electron chi connectivity index (χ3n) is 4.58. The number of rotatable bonds is 5. The number of phenols is 1. The highest BCUT2D eigenvalue weighted by Gasteiger charge is 2.38. The minimum atomic E-state index is -4.31. The number of anilines is 2. The number of amides is 1. The van der Waals surface area contributed by atoms with Gasteiger partial charge in [-0.1, -0.05) is 12.1 Å². The van der Waals surface area contributed by atoms with Crippen molar-refractivity contribution in [3.8, 4) is 16.9 Å². The van der Waals surface area contributed by atoms with E-state index in [1.807, 2.05) is 0 Å². The summed E-state index contributed by atoms with van der Waals surface area (Å²) in [5, 5.41) is 9.62. The van der Waals surface area contributed by atoms with Crippen molar-refractivity contribution in [2.24, 2.45) is 0 Å². The zero-order chi connectivity index (χ0) is 21.0. The third kappa shape index (κ3) is 3.60. The summed E-state index contributed by atoms with van der Waals surface area (Å²) < 4.78 is 67.8. The van der Waals surface area contributed by atoms with Crippen LogP contribution in [-0.2, 0) is 25.0 Å². The predicted molar refractivity (Wildman–Crippen MR) is 103 cm³/mol. The van der Waals surface area contributed by atoms with E-state index in [0.29, 0.717) is 28.4 Å². The molecular weight excluding hydrogens is 425 g/mol. The van der Waals surface area contributed by atoms with Crippen LogP contribution in [-0.4, -0.2) is 39.6 Å². The van der Waals surface area contributed by atoms with E-state index in [1.54, 1.807) is 4.72 Å². The maximum Gasteiger partial charge on any atom is 0.326 e. The molecule has 0 atom stereocenters. The number of phenolic OH excluding ortho intramolecular Hbond substituents is 1. The van der Waals surface area contributed by atoms with Gasteiger partial charge in [0.2, 0.25) is 10.0 Å². The molecule has 2 fully saturated rings. The molecule has 1 saturated heterocycles. The van der Waals surface area contributed by atoms with Crippen LogP contribution in [0.15, 0.2) is 36.4 Å². The van der Waals surface area contributed by atoms with Crippen LogP contribution < -0.4 is 13.7 Å². The van der Waals surface area contributed by atoms with Gasteiger partial charge in [0.1, 0.15) is 18.0 Å². The fourth-order valence-corrected chi connectivity index (χ4v) is 5.56. The topological polar surface area (TPSA) is 133 Å². The minimum absolute atomic E-state index is 0.0241. The third-order valence-corrected chi connectivity index (χ3v) is 7.83. The lowest BCUT2D eigenvalue weighted by Gasteiger charge is -2.18. The average Bonchev–Trinajstić information content (AvgIpc) is 3.43. The van der Waals surface area contributed by atoms with Crippen molar-refractivity contribution in [3.63, 3.8) is 0 Å². The molecule has 9 nitrogen and oxygen atoms in total. The van der Waals surface area contributed by atoms with Crippen molar-refractivity contribution in [2.75, 3.05) is 15.6 Å². The molecule has 1 aliphatic carbocycles. The molecule has 1 aliphatic heterocycles. The van der Waals surface area contributed by atoms with Crippen LogP contribution in [0.2, 0.25) is 0 Å². The van der Waals surface area contributed by atoms with Crippen LogP contribution in [0, 0.1) is 5.82 Å². The Balaban J connectivity index is 1.68. The van der Waals surface area contributed by atoms with Crippen molar-refractivity contribution in [2.45, 2.75) is 18.1 Å². The van der Waals surface area contributed by atoms with Gasteiger partial charge in [-0.3, -0.25) is 9.52 Å². The summed E-state index contributed by atoms with van der Waals surface area (Å²) in [6.07, 6.45) is 1.23. The molecule has 0 bridgehead atoms. The van der Waals surface area contributed by atoms with Crippen LogP contribution in [0.25, 0.3) is 11.1 Å². The van der Waals surface area contributed by atoms with Crippen LogP contribution >= 0.6 is 0 Å². The molecule has 2 aliphatic rings. The number of hydrogen-bond donors (Lipinski definition) is 3. The van der Waals surface area contributed by atoms with E-state index in [4.69, 9.17) is 0 Å². The Kier molecular flexibility index (Phi) is 4.42. The Morgan fingerprint density at radius 1 is 1.14 bits per heavy atom. The molecule has 12 heteroatoms. The fourth-order valence-electron chi connectivity index (χ4n) is 3.00. The Hall–Kier alpha value is -2.86. The Morgan fingerprint density at radius 3 is 2.34 bits per heavy atom. The molecule has 1 heterocycles. The summed E-state index contributed by atoms with van der Waals surface area (Å²) in [5.41, 5.74) is -0.0192. The van der Waals surface area contributed by atoms with Gasteiger partial charge < -0.3 is 5.11 Å². The van der Waals surface area contributed by atoms with Crippen LogP contribution in [0.4, 0.5) is 15.8 Å². The lowest BCUT2D eigenvalue weighted by Crippen LogP contribution is -2.30. The first-order chi connectivity index (χ1) is 13.6. The quantitative estimate of drug-likeness (QED) is 0.640. The first kappa shape index (κ1) is 19.5. The number of sulfonamides is 1. The normalized spacial score (nSPS) is 18.5. The molecular formula is C17H16FN3O6S2. The molecule has 0 unspecified atom stereocenters. The van der Waals surface area contributed by atoms with E-state index in [9.17, 15) is 26.7 Å². The van der Waals surface area contributed by atoms with Crippen LogP contribution in [0.3, 0.4) is 0 Å². The van der Waals surface area contributed by atoms with E-state index in [0.717, 1.165) is 6.07 Å². The second kappa shape index (κ2) is 6.59. The van der Waals surface area contributed by atoms with E-state index in [-0.39, 0.29) is 5.56 Å². The maximum absolute atomic E-state index is 15.1. The molecule has 2 aromatic carbocycles. The molecule has 154 valence electrons. The smallest absolute Gasteiger partial charge is 0.326 e.